The van der Waals surface area contributed by atoms with Crippen LogP contribution in [-0.2, 0) is 11.3 Å². The Bertz CT molecular complexity index is 576. The Morgan fingerprint density at radius 2 is 2.47 bits per heavy atom. The Morgan fingerprint density at radius 3 is 3.24 bits per heavy atom. The van der Waals surface area contributed by atoms with E-state index >= 15 is 0 Å². The van der Waals surface area contributed by atoms with Crippen LogP contribution in [0, 0.1) is 17.2 Å². The number of hydrogen-bond acceptors (Lipinski definition) is 3. The van der Waals surface area contributed by atoms with Crippen molar-refractivity contribution in [2.75, 3.05) is 13.2 Å². The van der Waals surface area contributed by atoms with Gasteiger partial charge in [-0.1, -0.05) is 0 Å². The van der Waals surface area contributed by atoms with Gasteiger partial charge in [0, 0.05) is 19.1 Å². The highest BCUT2D eigenvalue weighted by Crippen LogP contribution is 2.19. The highest BCUT2D eigenvalue weighted by atomic mass is 16.5. The fourth-order valence-electron chi connectivity index (χ4n) is 2.28. The summed E-state index contributed by atoms with van der Waals surface area (Å²) in [6, 6.07) is 7.77. The molecule has 0 bridgehead atoms. The molecule has 0 N–H and O–H groups in total. The molecule has 1 aliphatic heterocycles. The fraction of sp³-hybridized carbons (Fsp3) is 0.385. The Hall–Kier alpha value is -1.86. The van der Waals surface area contributed by atoms with Crippen LogP contribution in [0.1, 0.15) is 12.0 Å². The first-order valence-electron chi connectivity index (χ1n) is 5.79. The van der Waals surface area contributed by atoms with Gasteiger partial charge in [-0.15, -0.1) is 0 Å². The lowest BCUT2D eigenvalue weighted by Gasteiger charge is -2.09. The molecule has 4 nitrogen and oxygen atoms in total. The number of ether oxygens (including phenoxy) is 1. The van der Waals surface area contributed by atoms with Gasteiger partial charge in [0.1, 0.15) is 0 Å². The van der Waals surface area contributed by atoms with Crippen molar-refractivity contribution in [3.8, 4) is 6.07 Å². The van der Waals surface area contributed by atoms with Crippen LogP contribution >= 0.6 is 0 Å². The maximum atomic E-state index is 8.83. The van der Waals surface area contributed by atoms with Crippen LogP contribution in [0.2, 0.25) is 0 Å². The minimum atomic E-state index is 0.586. The summed E-state index contributed by atoms with van der Waals surface area (Å²) in [6.45, 7) is 2.66. The Balaban J connectivity index is 1.92. The average Bonchev–Trinajstić information content (AvgIpc) is 2.99. The van der Waals surface area contributed by atoms with Crippen molar-refractivity contribution in [3.63, 3.8) is 0 Å². The number of imidazole rings is 1. The van der Waals surface area contributed by atoms with Gasteiger partial charge in [-0.3, -0.25) is 0 Å². The maximum absolute atomic E-state index is 8.83. The second kappa shape index (κ2) is 4.19. The van der Waals surface area contributed by atoms with E-state index in [9.17, 15) is 0 Å². The van der Waals surface area contributed by atoms with Gasteiger partial charge in [-0.05, 0) is 24.6 Å². The zero-order valence-electron chi connectivity index (χ0n) is 9.47. The quantitative estimate of drug-likeness (QED) is 0.787. The SMILES string of the molecule is N#Cc1ccc2c(c1)ncn2CC1CCOC1. The van der Waals surface area contributed by atoms with Crippen LogP contribution in [0.15, 0.2) is 24.5 Å². The van der Waals surface area contributed by atoms with Crippen molar-refractivity contribution in [1.29, 1.82) is 5.26 Å². The molecule has 2 aromatic rings. The van der Waals surface area contributed by atoms with E-state index in [4.69, 9.17) is 10.00 Å². The second-order valence-corrected chi connectivity index (χ2v) is 4.44. The number of nitrogens with zero attached hydrogens (tertiary/aromatic N) is 3. The van der Waals surface area contributed by atoms with Gasteiger partial charge in [0.05, 0.1) is 35.6 Å². The third kappa shape index (κ3) is 1.90. The molecular formula is C13H13N3O. The zero-order chi connectivity index (χ0) is 11.7. The molecule has 1 aromatic heterocycles. The number of hydrogen-bond donors (Lipinski definition) is 0. The summed E-state index contributed by atoms with van der Waals surface area (Å²) in [7, 11) is 0. The molecule has 3 rings (SSSR count). The van der Waals surface area contributed by atoms with Gasteiger partial charge in [0.2, 0.25) is 0 Å². The lowest BCUT2D eigenvalue weighted by molar-refractivity contribution is 0.182. The van der Waals surface area contributed by atoms with E-state index in [1.54, 1.807) is 0 Å². The van der Waals surface area contributed by atoms with E-state index in [2.05, 4.69) is 15.6 Å². The zero-order valence-corrected chi connectivity index (χ0v) is 9.47. The van der Waals surface area contributed by atoms with Crippen LogP contribution in [-0.4, -0.2) is 22.8 Å². The smallest absolute Gasteiger partial charge is 0.0992 e. The van der Waals surface area contributed by atoms with E-state index < -0.39 is 0 Å². The van der Waals surface area contributed by atoms with E-state index in [1.807, 2.05) is 24.5 Å². The summed E-state index contributed by atoms with van der Waals surface area (Å²) >= 11 is 0. The van der Waals surface area contributed by atoms with Crippen molar-refractivity contribution in [1.82, 2.24) is 9.55 Å². The van der Waals surface area contributed by atoms with Gasteiger partial charge in [0.15, 0.2) is 0 Å². The van der Waals surface area contributed by atoms with Crippen molar-refractivity contribution in [2.45, 2.75) is 13.0 Å². The van der Waals surface area contributed by atoms with Crippen LogP contribution in [0.5, 0.6) is 0 Å². The molecule has 0 radical (unpaired) electrons. The number of benzene rings is 1. The molecule has 1 aromatic carbocycles. The summed E-state index contributed by atoms with van der Waals surface area (Å²) in [4.78, 5) is 4.34. The number of nitriles is 1. The van der Waals surface area contributed by atoms with Crippen LogP contribution in [0.4, 0.5) is 0 Å². The number of aromatic nitrogens is 2. The topological polar surface area (TPSA) is 50.8 Å². The fourth-order valence-corrected chi connectivity index (χ4v) is 2.28. The summed E-state index contributed by atoms with van der Waals surface area (Å²) in [5.41, 5.74) is 2.64. The summed E-state index contributed by atoms with van der Waals surface area (Å²) in [5, 5.41) is 8.83. The highest BCUT2D eigenvalue weighted by Gasteiger charge is 2.17. The van der Waals surface area contributed by atoms with Gasteiger partial charge in [0.25, 0.3) is 0 Å². The van der Waals surface area contributed by atoms with E-state index in [-0.39, 0.29) is 0 Å². The molecule has 1 aliphatic rings. The van der Waals surface area contributed by atoms with Crippen LogP contribution < -0.4 is 0 Å². The molecule has 1 atom stereocenters. The number of fused-ring (bicyclic) bond motifs is 1. The summed E-state index contributed by atoms with van der Waals surface area (Å²) < 4.78 is 7.53. The summed E-state index contributed by atoms with van der Waals surface area (Å²) in [5.74, 6) is 0.586. The first-order chi connectivity index (χ1) is 8.36. The third-order valence-electron chi connectivity index (χ3n) is 3.23. The van der Waals surface area contributed by atoms with Crippen molar-refractivity contribution >= 4 is 11.0 Å². The normalized spacial score (nSPS) is 19.6. The summed E-state index contributed by atoms with van der Waals surface area (Å²) in [6.07, 6.45) is 2.97. The molecule has 0 amide bonds. The average molecular weight is 227 g/mol. The second-order valence-electron chi connectivity index (χ2n) is 4.44. The van der Waals surface area contributed by atoms with Crippen molar-refractivity contribution < 1.29 is 4.74 Å². The maximum Gasteiger partial charge on any atom is 0.0992 e. The van der Waals surface area contributed by atoms with Gasteiger partial charge in [-0.2, -0.15) is 5.26 Å². The first kappa shape index (κ1) is 10.3. The van der Waals surface area contributed by atoms with E-state index in [0.717, 1.165) is 37.2 Å². The predicted octanol–water partition coefficient (Wildman–Crippen LogP) is 1.94. The molecule has 1 unspecified atom stereocenters. The van der Waals surface area contributed by atoms with Crippen molar-refractivity contribution in [2.24, 2.45) is 5.92 Å². The first-order valence-corrected chi connectivity index (χ1v) is 5.79. The highest BCUT2D eigenvalue weighted by molar-refractivity contribution is 5.76. The minimum absolute atomic E-state index is 0.586. The van der Waals surface area contributed by atoms with Gasteiger partial charge in [-0.25, -0.2) is 4.98 Å². The van der Waals surface area contributed by atoms with Crippen molar-refractivity contribution in [3.05, 3.63) is 30.1 Å². The van der Waals surface area contributed by atoms with Crippen LogP contribution in [0.3, 0.4) is 0 Å². The number of rotatable bonds is 2. The monoisotopic (exact) mass is 227 g/mol. The molecular weight excluding hydrogens is 214 g/mol. The Kier molecular flexibility index (Phi) is 2.54. The largest absolute Gasteiger partial charge is 0.381 e. The molecule has 17 heavy (non-hydrogen) atoms. The third-order valence-corrected chi connectivity index (χ3v) is 3.23. The Labute approximate surface area is 99.4 Å². The molecule has 0 aliphatic carbocycles. The lowest BCUT2D eigenvalue weighted by Crippen LogP contribution is -2.09. The van der Waals surface area contributed by atoms with E-state index in [0.29, 0.717) is 11.5 Å². The molecule has 4 heteroatoms. The Morgan fingerprint density at radius 1 is 1.53 bits per heavy atom. The van der Waals surface area contributed by atoms with Gasteiger partial charge < -0.3 is 9.30 Å². The minimum Gasteiger partial charge on any atom is -0.381 e. The molecule has 0 spiro atoms. The molecule has 86 valence electrons. The van der Waals surface area contributed by atoms with E-state index in [1.165, 1.54) is 0 Å². The molecule has 1 fully saturated rings. The molecule has 0 saturated carbocycles. The van der Waals surface area contributed by atoms with Gasteiger partial charge >= 0.3 is 0 Å². The predicted molar refractivity (Wildman–Crippen MR) is 63.4 cm³/mol. The van der Waals surface area contributed by atoms with Crippen LogP contribution in [0.25, 0.3) is 11.0 Å². The standard InChI is InChI=1S/C13H13N3O/c14-6-10-1-2-13-12(5-10)15-9-16(13)7-11-3-4-17-8-11/h1-2,5,9,11H,3-4,7-8H2. The molecule has 1 saturated heterocycles. The lowest BCUT2D eigenvalue weighted by atomic mass is 10.1. The molecule has 2 heterocycles.